The van der Waals surface area contributed by atoms with Gasteiger partial charge in [0.25, 0.3) is 0 Å². The van der Waals surface area contributed by atoms with Gasteiger partial charge in [-0.2, -0.15) is 0 Å². The van der Waals surface area contributed by atoms with Crippen molar-refractivity contribution in [3.8, 4) is 39.4 Å². The minimum Gasteiger partial charge on any atom is -0.496 e. The zero-order valence-corrected chi connectivity index (χ0v) is 26.5. The monoisotopic (exact) mass is 657 g/mol. The molecule has 1 saturated heterocycles. The van der Waals surface area contributed by atoms with Crippen LogP contribution in [0.25, 0.3) is 44.7 Å². The molecule has 46 heavy (non-hydrogen) atoms. The quantitative estimate of drug-likeness (QED) is 0.166. The smallest absolute Gasteiger partial charge is 0.407 e. The van der Waals surface area contributed by atoms with Crippen LogP contribution >= 0.6 is 23.2 Å². The molecule has 1 aliphatic heterocycles. The van der Waals surface area contributed by atoms with Crippen molar-refractivity contribution in [2.45, 2.75) is 25.4 Å². The number of amides is 2. The van der Waals surface area contributed by atoms with Crippen LogP contribution in [0, 0.1) is 0 Å². The normalized spacial score (nSPS) is 14.3. The highest BCUT2D eigenvalue weighted by Crippen LogP contribution is 2.42. The maximum Gasteiger partial charge on any atom is 0.407 e. The number of carboxylic acid groups (broad SMARTS) is 1. The van der Waals surface area contributed by atoms with Crippen molar-refractivity contribution in [2.24, 2.45) is 7.05 Å². The Morgan fingerprint density at radius 3 is 2.63 bits per heavy atom. The zero-order valence-electron chi connectivity index (χ0n) is 25.0. The molecule has 5 aromatic rings. The molecule has 0 spiro atoms. The summed E-state index contributed by atoms with van der Waals surface area (Å²) in [6, 6.07) is 16.3. The maximum absolute atomic E-state index is 12.0. The number of ether oxygens (including phenoxy) is 1. The predicted molar refractivity (Wildman–Crippen MR) is 176 cm³/mol. The van der Waals surface area contributed by atoms with E-state index in [1.54, 1.807) is 35.2 Å². The number of methoxy groups -OCH3 is 1. The molecule has 2 amide bonds. The summed E-state index contributed by atoms with van der Waals surface area (Å²) in [7, 11) is 3.35. The van der Waals surface area contributed by atoms with Crippen LogP contribution in [0.5, 0.6) is 5.75 Å². The second-order valence-corrected chi connectivity index (χ2v) is 11.8. The Morgan fingerprint density at radius 2 is 1.91 bits per heavy atom. The number of carbonyl (C=O) groups excluding carboxylic acids is 2. The molecule has 2 N–H and O–H groups in total. The summed E-state index contributed by atoms with van der Waals surface area (Å²) in [6.45, 7) is 0.253. The van der Waals surface area contributed by atoms with E-state index in [-0.39, 0.29) is 25.0 Å². The predicted octanol–water partition coefficient (Wildman–Crippen LogP) is 6.86. The number of carbonyl (C=O) groups is 3. The Hall–Kier alpha value is -4.93. The number of hydrogen-bond acceptors (Lipinski definition) is 6. The van der Waals surface area contributed by atoms with E-state index in [1.165, 1.54) is 12.0 Å². The molecule has 0 radical (unpaired) electrons. The first-order valence-electron chi connectivity index (χ1n) is 14.5. The molecule has 4 heterocycles. The summed E-state index contributed by atoms with van der Waals surface area (Å²) in [4.78, 5) is 45.7. The van der Waals surface area contributed by atoms with Crippen LogP contribution < -0.4 is 10.1 Å². The fourth-order valence-electron chi connectivity index (χ4n) is 5.84. The molecule has 0 unspecified atom stereocenters. The lowest BCUT2D eigenvalue weighted by Crippen LogP contribution is -2.41. The fraction of sp³-hybridized carbons (Fsp3) is 0.206. The lowest BCUT2D eigenvalue weighted by molar-refractivity contribution is -0.119. The Balaban J connectivity index is 1.32. The van der Waals surface area contributed by atoms with Crippen LogP contribution in [-0.2, 0) is 18.4 Å². The van der Waals surface area contributed by atoms with Gasteiger partial charge in [0.15, 0.2) is 6.29 Å². The van der Waals surface area contributed by atoms with Crippen molar-refractivity contribution in [1.29, 1.82) is 0 Å². The Morgan fingerprint density at radius 1 is 1.13 bits per heavy atom. The molecule has 1 fully saturated rings. The number of halogens is 2. The van der Waals surface area contributed by atoms with E-state index in [2.05, 4.69) is 10.3 Å². The summed E-state index contributed by atoms with van der Waals surface area (Å²) in [5.41, 5.74) is 5.77. The van der Waals surface area contributed by atoms with Crippen molar-refractivity contribution in [2.75, 3.05) is 13.7 Å². The van der Waals surface area contributed by atoms with Gasteiger partial charge in [-0.05, 0) is 30.7 Å². The molecular formula is C34H29Cl2N5O5. The second kappa shape index (κ2) is 12.8. The van der Waals surface area contributed by atoms with Gasteiger partial charge < -0.3 is 24.6 Å². The van der Waals surface area contributed by atoms with Gasteiger partial charge in [-0.25, -0.2) is 9.78 Å². The molecule has 3 aromatic heterocycles. The third-order valence-corrected chi connectivity index (χ3v) is 8.94. The molecule has 10 nitrogen and oxygen atoms in total. The number of pyridine rings is 2. The molecule has 0 aliphatic carbocycles. The van der Waals surface area contributed by atoms with E-state index in [4.69, 9.17) is 32.9 Å². The first kappa shape index (κ1) is 31.1. The standard InChI is InChI=1S/C34H29Cl2N5O5/c1-40-15-21(18-42)23-9-10-27(39-33(23)40)26-5-3-4-24(30(26)35)25-12-13-37-32(31(25)36)19-6-7-20(28(14-19)46-2)16-41(34(44)45)17-22-8-11-29(43)38-22/h3-7,9-10,12-15,18,22H,8,11,16-17H2,1-2H3,(H,38,43)(H,44,45)/t22-/m0/s1. The number of nitrogens with one attached hydrogen (secondary N) is 1. The van der Waals surface area contributed by atoms with Gasteiger partial charge in [-0.1, -0.05) is 53.5 Å². The van der Waals surface area contributed by atoms with Gasteiger partial charge in [0.2, 0.25) is 5.91 Å². The Bertz CT molecular complexity index is 2010. The van der Waals surface area contributed by atoms with Crippen molar-refractivity contribution in [3.05, 3.63) is 88.2 Å². The Labute approximate surface area is 274 Å². The fourth-order valence-corrected chi connectivity index (χ4v) is 6.48. The van der Waals surface area contributed by atoms with Gasteiger partial charge in [0, 0.05) is 77.2 Å². The summed E-state index contributed by atoms with van der Waals surface area (Å²) in [5, 5.41) is 14.2. The van der Waals surface area contributed by atoms with Gasteiger partial charge in [-0.15, -0.1) is 0 Å². The van der Waals surface area contributed by atoms with Crippen LogP contribution in [0.4, 0.5) is 4.79 Å². The minimum absolute atomic E-state index is 0.0728. The number of aldehydes is 1. The van der Waals surface area contributed by atoms with Gasteiger partial charge >= 0.3 is 6.09 Å². The van der Waals surface area contributed by atoms with E-state index in [0.29, 0.717) is 79.1 Å². The first-order chi connectivity index (χ1) is 22.2. The molecule has 12 heteroatoms. The number of benzene rings is 2. The van der Waals surface area contributed by atoms with Crippen molar-refractivity contribution >= 4 is 52.5 Å². The largest absolute Gasteiger partial charge is 0.496 e. The van der Waals surface area contributed by atoms with Crippen LogP contribution in [0.15, 0.2) is 67.0 Å². The Kier molecular flexibility index (Phi) is 8.66. The van der Waals surface area contributed by atoms with E-state index >= 15 is 0 Å². The highest BCUT2D eigenvalue weighted by atomic mass is 35.5. The van der Waals surface area contributed by atoms with Gasteiger partial charge in [-0.3, -0.25) is 14.6 Å². The number of hydrogen-bond donors (Lipinski definition) is 2. The summed E-state index contributed by atoms with van der Waals surface area (Å²) in [5.74, 6) is 0.402. The van der Waals surface area contributed by atoms with E-state index in [1.807, 2.05) is 43.4 Å². The topological polar surface area (TPSA) is 127 Å². The highest BCUT2D eigenvalue weighted by molar-refractivity contribution is 6.39. The molecule has 0 bridgehead atoms. The molecule has 234 valence electrons. The molecule has 6 rings (SSSR count). The van der Waals surface area contributed by atoms with Gasteiger partial charge in [0.1, 0.15) is 11.4 Å². The number of rotatable bonds is 9. The third-order valence-electron chi connectivity index (χ3n) is 8.15. The van der Waals surface area contributed by atoms with E-state index < -0.39 is 6.09 Å². The first-order valence-corrected chi connectivity index (χ1v) is 15.2. The average molecular weight is 659 g/mol. The average Bonchev–Trinajstić information content (AvgIpc) is 3.62. The lowest BCUT2D eigenvalue weighted by atomic mass is 9.99. The maximum atomic E-state index is 12.0. The van der Waals surface area contributed by atoms with Gasteiger partial charge in [0.05, 0.1) is 35.1 Å². The van der Waals surface area contributed by atoms with E-state index in [0.717, 1.165) is 11.7 Å². The number of aromatic nitrogens is 3. The summed E-state index contributed by atoms with van der Waals surface area (Å²) in [6.07, 6.45) is 4.10. The summed E-state index contributed by atoms with van der Waals surface area (Å²) < 4.78 is 7.46. The minimum atomic E-state index is -1.09. The SMILES string of the molecule is COc1cc(-c2nccc(-c3cccc(-c4ccc5c(C=O)cn(C)c5n4)c3Cl)c2Cl)ccc1CN(C[C@@H]1CCC(=O)N1)C(=O)O. The molecule has 2 aromatic carbocycles. The lowest BCUT2D eigenvalue weighted by Gasteiger charge is -2.24. The molecule has 0 saturated carbocycles. The number of nitrogens with zero attached hydrogens (tertiary/aromatic N) is 4. The third kappa shape index (κ3) is 5.89. The van der Waals surface area contributed by atoms with E-state index in [9.17, 15) is 19.5 Å². The van der Waals surface area contributed by atoms with Crippen LogP contribution in [0.1, 0.15) is 28.8 Å². The molecule has 1 atom stereocenters. The highest BCUT2D eigenvalue weighted by Gasteiger charge is 2.26. The molecular weight excluding hydrogens is 629 g/mol. The second-order valence-electron chi connectivity index (χ2n) is 11.1. The van der Waals surface area contributed by atoms with Crippen molar-refractivity contribution < 1.29 is 24.2 Å². The van der Waals surface area contributed by atoms with Crippen LogP contribution in [-0.4, -0.2) is 62.5 Å². The van der Waals surface area contributed by atoms with Crippen LogP contribution in [0.3, 0.4) is 0 Å². The summed E-state index contributed by atoms with van der Waals surface area (Å²) >= 11 is 14.0. The van der Waals surface area contributed by atoms with Crippen LogP contribution in [0.2, 0.25) is 10.0 Å². The van der Waals surface area contributed by atoms with Crippen molar-refractivity contribution in [1.82, 2.24) is 24.8 Å². The number of aryl methyl sites for hydroxylation is 1. The van der Waals surface area contributed by atoms with Crippen molar-refractivity contribution in [3.63, 3.8) is 0 Å². The molecule has 1 aliphatic rings. The zero-order chi connectivity index (χ0) is 32.5. The number of fused-ring (bicyclic) bond motifs is 1.